The van der Waals surface area contributed by atoms with Crippen molar-refractivity contribution in [2.75, 3.05) is 30.4 Å². The van der Waals surface area contributed by atoms with Gasteiger partial charge in [0, 0.05) is 37.1 Å². The number of benzene rings is 1. The van der Waals surface area contributed by atoms with Gasteiger partial charge in [-0.25, -0.2) is 0 Å². The standard InChI is InChI=1S/C15H21N3O2/c1-15(20-2)6-3-7-18(9-15)10-4-5-11-12(8-10)17-14(19)13(11)16/h4-5,8,13H,3,6-7,9,16H2,1-2H3,(H,17,19). The number of anilines is 2. The Hall–Kier alpha value is -1.59. The maximum absolute atomic E-state index is 11.6. The van der Waals surface area contributed by atoms with Gasteiger partial charge in [0.25, 0.3) is 0 Å². The molecule has 2 heterocycles. The van der Waals surface area contributed by atoms with Gasteiger partial charge in [-0.3, -0.25) is 4.79 Å². The van der Waals surface area contributed by atoms with E-state index in [0.29, 0.717) is 0 Å². The summed E-state index contributed by atoms with van der Waals surface area (Å²) in [7, 11) is 1.77. The molecule has 0 saturated carbocycles. The van der Waals surface area contributed by atoms with Gasteiger partial charge in [-0.15, -0.1) is 0 Å². The SMILES string of the molecule is COC1(C)CCCN(c2ccc3c(c2)NC(=O)C3N)C1. The molecule has 2 aliphatic rings. The van der Waals surface area contributed by atoms with Crippen LogP contribution in [-0.2, 0) is 9.53 Å². The van der Waals surface area contributed by atoms with E-state index in [2.05, 4.69) is 17.1 Å². The summed E-state index contributed by atoms with van der Waals surface area (Å²) in [5.41, 5.74) is 8.57. The summed E-state index contributed by atoms with van der Waals surface area (Å²) < 4.78 is 5.63. The zero-order chi connectivity index (χ0) is 14.3. The summed E-state index contributed by atoms with van der Waals surface area (Å²) in [5, 5.41) is 2.84. The lowest BCUT2D eigenvalue weighted by Gasteiger charge is -2.40. The van der Waals surface area contributed by atoms with Gasteiger partial charge in [-0.05, 0) is 31.9 Å². The monoisotopic (exact) mass is 275 g/mol. The highest BCUT2D eigenvalue weighted by Gasteiger charge is 2.32. The van der Waals surface area contributed by atoms with E-state index in [1.54, 1.807) is 7.11 Å². The maximum atomic E-state index is 11.6. The van der Waals surface area contributed by atoms with Crippen molar-refractivity contribution in [3.8, 4) is 0 Å². The molecule has 3 N–H and O–H groups in total. The Balaban J connectivity index is 1.85. The number of piperidine rings is 1. The van der Waals surface area contributed by atoms with Crippen molar-refractivity contribution in [2.24, 2.45) is 5.73 Å². The highest BCUT2D eigenvalue weighted by atomic mass is 16.5. The van der Waals surface area contributed by atoms with Crippen LogP contribution in [0.2, 0.25) is 0 Å². The van der Waals surface area contributed by atoms with Gasteiger partial charge < -0.3 is 20.7 Å². The number of nitrogens with one attached hydrogen (secondary N) is 1. The molecule has 20 heavy (non-hydrogen) atoms. The molecule has 0 aromatic heterocycles. The quantitative estimate of drug-likeness (QED) is 0.861. The zero-order valence-corrected chi connectivity index (χ0v) is 12.0. The third kappa shape index (κ3) is 2.17. The number of nitrogens with zero attached hydrogens (tertiary/aromatic N) is 1. The van der Waals surface area contributed by atoms with Gasteiger partial charge >= 0.3 is 0 Å². The predicted molar refractivity (Wildman–Crippen MR) is 78.9 cm³/mol. The number of ether oxygens (including phenoxy) is 1. The molecule has 1 aromatic carbocycles. The van der Waals surface area contributed by atoms with Crippen LogP contribution in [0.3, 0.4) is 0 Å². The molecule has 108 valence electrons. The lowest BCUT2D eigenvalue weighted by molar-refractivity contribution is -0.116. The molecule has 1 amide bonds. The van der Waals surface area contributed by atoms with E-state index in [9.17, 15) is 4.79 Å². The summed E-state index contributed by atoms with van der Waals surface area (Å²) in [4.78, 5) is 13.9. The molecule has 5 nitrogen and oxygen atoms in total. The summed E-state index contributed by atoms with van der Waals surface area (Å²) in [5.74, 6) is -0.127. The highest BCUT2D eigenvalue weighted by Crippen LogP contribution is 2.35. The van der Waals surface area contributed by atoms with Crippen LogP contribution in [0.1, 0.15) is 31.4 Å². The number of hydrogen-bond acceptors (Lipinski definition) is 4. The zero-order valence-electron chi connectivity index (χ0n) is 12.0. The molecule has 1 aromatic rings. The average Bonchev–Trinajstić information content (AvgIpc) is 2.74. The minimum absolute atomic E-state index is 0.100. The second-order valence-corrected chi connectivity index (χ2v) is 5.92. The van der Waals surface area contributed by atoms with Crippen molar-refractivity contribution in [1.29, 1.82) is 0 Å². The second-order valence-electron chi connectivity index (χ2n) is 5.92. The third-order valence-electron chi connectivity index (χ3n) is 4.43. The topological polar surface area (TPSA) is 67.6 Å². The fourth-order valence-electron chi connectivity index (χ4n) is 3.06. The molecule has 2 aliphatic heterocycles. The number of nitrogens with two attached hydrogens (primary N) is 1. The summed E-state index contributed by atoms with van der Waals surface area (Å²) in [6.07, 6.45) is 2.18. The molecular formula is C15H21N3O2. The number of amides is 1. The smallest absolute Gasteiger partial charge is 0.245 e. The lowest BCUT2D eigenvalue weighted by Crippen LogP contribution is -2.47. The second kappa shape index (κ2) is 4.75. The first kappa shape index (κ1) is 13.4. The molecule has 5 heteroatoms. The molecule has 2 unspecified atom stereocenters. The van der Waals surface area contributed by atoms with Crippen molar-refractivity contribution in [3.05, 3.63) is 23.8 Å². The summed E-state index contributed by atoms with van der Waals surface area (Å²) in [6.45, 7) is 4.02. The molecule has 1 saturated heterocycles. The maximum Gasteiger partial charge on any atom is 0.245 e. The van der Waals surface area contributed by atoms with Gasteiger partial charge in [-0.2, -0.15) is 0 Å². The van der Waals surface area contributed by atoms with Gasteiger partial charge in [0.15, 0.2) is 0 Å². The molecule has 0 spiro atoms. The number of hydrogen-bond donors (Lipinski definition) is 2. The Bertz CT molecular complexity index is 546. The van der Waals surface area contributed by atoms with Crippen molar-refractivity contribution in [1.82, 2.24) is 0 Å². The van der Waals surface area contributed by atoms with Crippen LogP contribution in [-0.4, -0.2) is 31.7 Å². The van der Waals surface area contributed by atoms with Gasteiger partial charge in [0.1, 0.15) is 6.04 Å². The van der Waals surface area contributed by atoms with E-state index >= 15 is 0 Å². The minimum Gasteiger partial charge on any atom is -0.377 e. The summed E-state index contributed by atoms with van der Waals surface area (Å²) >= 11 is 0. The molecule has 1 fully saturated rings. The van der Waals surface area contributed by atoms with E-state index in [4.69, 9.17) is 10.5 Å². The fourth-order valence-corrected chi connectivity index (χ4v) is 3.06. The summed E-state index contributed by atoms with van der Waals surface area (Å²) in [6, 6.07) is 5.47. The van der Waals surface area contributed by atoms with Gasteiger partial charge in [0.2, 0.25) is 5.91 Å². The minimum atomic E-state index is -0.537. The molecular weight excluding hydrogens is 254 g/mol. The van der Waals surface area contributed by atoms with Crippen molar-refractivity contribution in [3.63, 3.8) is 0 Å². The molecule has 3 rings (SSSR count). The highest BCUT2D eigenvalue weighted by molar-refractivity contribution is 6.02. The third-order valence-corrected chi connectivity index (χ3v) is 4.43. The van der Waals surface area contributed by atoms with Crippen molar-refractivity contribution >= 4 is 17.3 Å². The average molecular weight is 275 g/mol. The van der Waals surface area contributed by atoms with Gasteiger partial charge in [0.05, 0.1) is 5.60 Å². The van der Waals surface area contributed by atoms with Crippen LogP contribution in [0, 0.1) is 0 Å². The van der Waals surface area contributed by atoms with E-state index in [0.717, 1.165) is 42.9 Å². The molecule has 0 bridgehead atoms. The van der Waals surface area contributed by atoms with Crippen molar-refractivity contribution in [2.45, 2.75) is 31.4 Å². The van der Waals surface area contributed by atoms with Crippen LogP contribution >= 0.6 is 0 Å². The Labute approximate surface area is 119 Å². The number of carbonyl (C=O) groups is 1. The van der Waals surface area contributed by atoms with Gasteiger partial charge in [-0.1, -0.05) is 6.07 Å². The van der Waals surface area contributed by atoms with Crippen LogP contribution < -0.4 is 16.0 Å². The Morgan fingerprint density at radius 3 is 3.05 bits per heavy atom. The first-order valence-corrected chi connectivity index (χ1v) is 7.03. The fraction of sp³-hybridized carbons (Fsp3) is 0.533. The van der Waals surface area contributed by atoms with E-state index in [1.807, 2.05) is 18.2 Å². The molecule has 0 radical (unpaired) electrons. The molecule has 2 atom stereocenters. The van der Waals surface area contributed by atoms with Crippen LogP contribution in [0.15, 0.2) is 18.2 Å². The van der Waals surface area contributed by atoms with E-state index in [-0.39, 0.29) is 11.5 Å². The number of carbonyl (C=O) groups excluding carboxylic acids is 1. The normalized spacial score (nSPS) is 29.2. The largest absolute Gasteiger partial charge is 0.377 e. The number of methoxy groups -OCH3 is 1. The molecule has 0 aliphatic carbocycles. The van der Waals surface area contributed by atoms with Crippen molar-refractivity contribution < 1.29 is 9.53 Å². The number of rotatable bonds is 2. The Morgan fingerprint density at radius 2 is 2.30 bits per heavy atom. The first-order chi connectivity index (χ1) is 9.52. The van der Waals surface area contributed by atoms with E-state index < -0.39 is 6.04 Å². The first-order valence-electron chi connectivity index (χ1n) is 7.03. The number of fused-ring (bicyclic) bond motifs is 1. The van der Waals surface area contributed by atoms with Crippen LogP contribution in [0.5, 0.6) is 0 Å². The lowest BCUT2D eigenvalue weighted by atomic mass is 9.94. The van der Waals surface area contributed by atoms with Crippen LogP contribution in [0.25, 0.3) is 0 Å². The Morgan fingerprint density at radius 1 is 1.50 bits per heavy atom. The predicted octanol–water partition coefficient (Wildman–Crippen LogP) is 1.64. The van der Waals surface area contributed by atoms with E-state index in [1.165, 1.54) is 0 Å². The Kier molecular flexibility index (Phi) is 3.18. The van der Waals surface area contributed by atoms with Crippen LogP contribution in [0.4, 0.5) is 11.4 Å².